The smallest absolute Gasteiger partial charge is 0.188 e. The average molecular weight is 560 g/mol. The maximum absolute atomic E-state index is 14.3. The van der Waals surface area contributed by atoms with Gasteiger partial charge in [0, 0.05) is 43.2 Å². The number of nitrogens with one attached hydrogen (secondary N) is 1. The van der Waals surface area contributed by atoms with E-state index >= 15 is 0 Å². The molecule has 2 aliphatic rings. The van der Waals surface area contributed by atoms with Crippen LogP contribution in [-0.4, -0.2) is 52.8 Å². The summed E-state index contributed by atoms with van der Waals surface area (Å²) in [6, 6.07) is 10.3. The molecule has 2 fully saturated rings. The van der Waals surface area contributed by atoms with Crippen LogP contribution in [0, 0.1) is 11.2 Å². The van der Waals surface area contributed by atoms with Crippen molar-refractivity contribution in [1.82, 2.24) is 14.9 Å². The molecule has 41 heavy (non-hydrogen) atoms. The number of nitrogen functional groups attached to an aromatic ring is 2. The summed E-state index contributed by atoms with van der Waals surface area (Å²) in [5, 5.41) is 0. The van der Waals surface area contributed by atoms with E-state index in [9.17, 15) is 4.39 Å². The quantitative estimate of drug-likeness (QED) is 0.132. The minimum Gasteiger partial charge on any atom is -0.451 e. The topological polar surface area (TPSA) is 144 Å². The lowest BCUT2D eigenvalue weighted by Gasteiger charge is -2.26. The van der Waals surface area contributed by atoms with E-state index in [1.54, 1.807) is 18.3 Å². The van der Waals surface area contributed by atoms with Gasteiger partial charge < -0.3 is 26.5 Å². The number of allylic oxidation sites excluding steroid dienone is 1. The first kappa shape index (κ1) is 28.3. The van der Waals surface area contributed by atoms with E-state index in [-0.39, 0.29) is 17.3 Å². The molecule has 0 bridgehead atoms. The summed E-state index contributed by atoms with van der Waals surface area (Å²) < 4.78 is 20.7. The van der Waals surface area contributed by atoms with E-state index in [0.29, 0.717) is 28.5 Å². The fraction of sp³-hybridized carbons (Fsp3) is 0.367. The van der Waals surface area contributed by atoms with Crippen LogP contribution in [0.5, 0.6) is 11.5 Å². The van der Waals surface area contributed by atoms with Gasteiger partial charge in [-0.25, -0.2) is 14.4 Å². The van der Waals surface area contributed by atoms with Gasteiger partial charge in [-0.05, 0) is 81.4 Å². The van der Waals surface area contributed by atoms with Crippen LogP contribution in [0.15, 0.2) is 66.2 Å². The van der Waals surface area contributed by atoms with E-state index in [0.717, 1.165) is 57.1 Å². The van der Waals surface area contributed by atoms with Gasteiger partial charge in [0.2, 0.25) is 0 Å². The number of aromatic nitrogens is 2. The standard InChI is InChI=1S/C30H38FN9O/c1-20(2)37-25(7-10-32)23-14-22(31)4-6-27(23)41-28-15-35-19-36-29(28)40-12-9-30(18-40)8-11-39(17-30)16-21-3-5-24(33)26(13-21)38-34/h3-7,10,13-15,19-20,38H,8-9,11-12,16-18,32-34H2,1-2H3. The SMILES string of the molecule is CC(C)N=C(C=CN)c1cc(F)ccc1Oc1cncnc1N1CCC2(CCN(Cc3ccc(N)c(NN)c3)C2)C1. The van der Waals surface area contributed by atoms with Crippen molar-refractivity contribution < 1.29 is 9.13 Å². The second-order valence-corrected chi connectivity index (χ2v) is 11.1. The number of benzene rings is 2. The molecule has 216 valence electrons. The summed E-state index contributed by atoms with van der Waals surface area (Å²) in [5.74, 6) is 6.91. The van der Waals surface area contributed by atoms with Crippen LogP contribution in [0.1, 0.15) is 37.8 Å². The number of aliphatic imine (C=N–C) groups is 1. The van der Waals surface area contributed by atoms with Crippen molar-refractivity contribution in [3.8, 4) is 11.5 Å². The molecular weight excluding hydrogens is 521 g/mol. The summed E-state index contributed by atoms with van der Waals surface area (Å²) in [5.41, 5.74) is 18.1. The Hall–Kier alpha value is -4.22. The zero-order chi connectivity index (χ0) is 29.0. The van der Waals surface area contributed by atoms with Crippen molar-refractivity contribution in [1.29, 1.82) is 0 Å². The zero-order valence-electron chi connectivity index (χ0n) is 23.6. The minimum absolute atomic E-state index is 0.0147. The van der Waals surface area contributed by atoms with Crippen molar-refractivity contribution in [3.05, 3.63) is 78.1 Å². The molecule has 2 saturated heterocycles. The van der Waals surface area contributed by atoms with Crippen molar-refractivity contribution in [2.45, 2.75) is 39.3 Å². The first-order chi connectivity index (χ1) is 19.8. The number of rotatable bonds is 9. The molecule has 1 atom stereocenters. The predicted molar refractivity (Wildman–Crippen MR) is 161 cm³/mol. The number of hydrazine groups is 1. The minimum atomic E-state index is -0.388. The van der Waals surface area contributed by atoms with E-state index in [2.05, 4.69) is 36.3 Å². The Kier molecular flexibility index (Phi) is 8.36. The van der Waals surface area contributed by atoms with E-state index in [1.165, 1.54) is 30.2 Å². The van der Waals surface area contributed by atoms with Gasteiger partial charge >= 0.3 is 0 Å². The van der Waals surface area contributed by atoms with E-state index in [4.69, 9.17) is 22.0 Å². The first-order valence-corrected chi connectivity index (χ1v) is 13.9. The number of nitrogens with two attached hydrogens (primary N) is 3. The molecule has 0 amide bonds. The predicted octanol–water partition coefficient (Wildman–Crippen LogP) is 4.05. The lowest BCUT2D eigenvalue weighted by Crippen LogP contribution is -2.31. The highest BCUT2D eigenvalue weighted by molar-refractivity contribution is 6.10. The van der Waals surface area contributed by atoms with Gasteiger partial charge in [-0.15, -0.1) is 0 Å². The molecule has 3 aromatic rings. The highest BCUT2D eigenvalue weighted by Gasteiger charge is 2.44. The molecule has 2 aromatic carbocycles. The zero-order valence-corrected chi connectivity index (χ0v) is 23.6. The normalized spacial score (nSPS) is 19.6. The van der Waals surface area contributed by atoms with Crippen LogP contribution in [0.4, 0.5) is 21.6 Å². The Morgan fingerprint density at radius 1 is 1.17 bits per heavy atom. The molecule has 2 aliphatic heterocycles. The lowest BCUT2D eigenvalue weighted by molar-refractivity contribution is 0.270. The third-order valence-electron chi connectivity index (χ3n) is 7.68. The molecular formula is C30H38FN9O. The molecule has 11 heteroatoms. The van der Waals surface area contributed by atoms with Gasteiger partial charge in [-0.3, -0.25) is 15.7 Å². The van der Waals surface area contributed by atoms with Gasteiger partial charge in [-0.2, -0.15) is 0 Å². The largest absolute Gasteiger partial charge is 0.451 e. The number of nitrogens with zero attached hydrogens (tertiary/aromatic N) is 5. The Bertz CT molecular complexity index is 1440. The second kappa shape index (κ2) is 12.1. The Balaban J connectivity index is 1.33. The molecule has 1 unspecified atom stereocenters. The molecule has 1 aromatic heterocycles. The molecule has 10 nitrogen and oxygen atoms in total. The summed E-state index contributed by atoms with van der Waals surface area (Å²) in [6.07, 6.45) is 8.39. The van der Waals surface area contributed by atoms with Crippen molar-refractivity contribution in [2.24, 2.45) is 22.0 Å². The highest BCUT2D eigenvalue weighted by atomic mass is 19.1. The van der Waals surface area contributed by atoms with Crippen LogP contribution >= 0.6 is 0 Å². The van der Waals surface area contributed by atoms with Crippen LogP contribution < -0.4 is 32.4 Å². The fourth-order valence-electron chi connectivity index (χ4n) is 5.80. The van der Waals surface area contributed by atoms with Gasteiger partial charge in [0.15, 0.2) is 11.6 Å². The van der Waals surface area contributed by atoms with Crippen molar-refractivity contribution in [2.75, 3.05) is 42.2 Å². The van der Waals surface area contributed by atoms with Crippen LogP contribution in [0.2, 0.25) is 0 Å². The molecule has 1 spiro atoms. The molecule has 0 radical (unpaired) electrons. The van der Waals surface area contributed by atoms with Gasteiger partial charge in [-0.1, -0.05) is 6.07 Å². The Morgan fingerprint density at radius 2 is 2.00 bits per heavy atom. The molecule has 0 saturated carbocycles. The number of hydrogen-bond acceptors (Lipinski definition) is 10. The monoisotopic (exact) mass is 559 g/mol. The van der Waals surface area contributed by atoms with E-state index in [1.807, 2.05) is 26.0 Å². The van der Waals surface area contributed by atoms with Gasteiger partial charge in [0.1, 0.15) is 17.9 Å². The summed E-state index contributed by atoms with van der Waals surface area (Å²) in [6.45, 7) is 8.46. The maximum Gasteiger partial charge on any atom is 0.188 e. The molecule has 5 rings (SSSR count). The Morgan fingerprint density at radius 3 is 2.78 bits per heavy atom. The summed E-state index contributed by atoms with van der Waals surface area (Å²) >= 11 is 0. The van der Waals surface area contributed by atoms with Crippen LogP contribution in [0.3, 0.4) is 0 Å². The van der Waals surface area contributed by atoms with Crippen molar-refractivity contribution >= 4 is 22.9 Å². The third kappa shape index (κ3) is 6.41. The van der Waals surface area contributed by atoms with Crippen molar-refractivity contribution in [3.63, 3.8) is 0 Å². The van der Waals surface area contributed by atoms with Gasteiger partial charge in [0.25, 0.3) is 0 Å². The maximum atomic E-state index is 14.3. The second-order valence-electron chi connectivity index (χ2n) is 11.1. The Labute approximate surface area is 240 Å². The number of halogens is 1. The van der Waals surface area contributed by atoms with Crippen LogP contribution in [-0.2, 0) is 6.54 Å². The lowest BCUT2D eigenvalue weighted by atomic mass is 9.86. The number of hydrogen-bond donors (Lipinski definition) is 4. The fourth-order valence-corrected chi connectivity index (χ4v) is 5.80. The molecule has 7 N–H and O–H groups in total. The summed E-state index contributed by atoms with van der Waals surface area (Å²) in [7, 11) is 0. The van der Waals surface area contributed by atoms with Gasteiger partial charge in [0.05, 0.1) is 23.3 Å². The number of anilines is 3. The third-order valence-corrected chi connectivity index (χ3v) is 7.68. The number of ether oxygens (including phenoxy) is 1. The van der Waals surface area contributed by atoms with E-state index < -0.39 is 0 Å². The summed E-state index contributed by atoms with van der Waals surface area (Å²) in [4.78, 5) is 18.2. The molecule has 3 heterocycles. The molecule has 0 aliphatic carbocycles. The highest BCUT2D eigenvalue weighted by Crippen LogP contribution is 2.43. The first-order valence-electron chi connectivity index (χ1n) is 13.9. The van der Waals surface area contributed by atoms with Crippen LogP contribution in [0.25, 0.3) is 0 Å². The average Bonchev–Trinajstić information content (AvgIpc) is 3.56. The number of likely N-dealkylation sites (tertiary alicyclic amines) is 1.